The molecule has 96 valence electrons. The lowest BCUT2D eigenvalue weighted by atomic mass is 10.1. The lowest BCUT2D eigenvalue weighted by molar-refractivity contribution is 0.615. The number of hydrogen-bond acceptors (Lipinski definition) is 2. The van der Waals surface area contributed by atoms with Crippen molar-refractivity contribution in [2.24, 2.45) is 0 Å². The normalized spacial score (nSPS) is 10.9. The molecular weight excluding hydrogens is 245 g/mol. The zero-order valence-corrected chi connectivity index (χ0v) is 11.8. The Bertz CT molecular complexity index is 526. The van der Waals surface area contributed by atoms with Crippen LogP contribution in [0.25, 0.3) is 0 Å². The SMILES string of the molecule is Cc1cc(CNCc2cc(C)c(C)s2)ccc1F. The third-order valence-electron chi connectivity index (χ3n) is 3.07. The summed E-state index contributed by atoms with van der Waals surface area (Å²) < 4.78 is 13.1. The van der Waals surface area contributed by atoms with Crippen molar-refractivity contribution in [3.8, 4) is 0 Å². The van der Waals surface area contributed by atoms with Crippen LogP contribution in [0.2, 0.25) is 0 Å². The molecule has 1 aromatic carbocycles. The maximum atomic E-state index is 13.1. The fourth-order valence-corrected chi connectivity index (χ4v) is 2.91. The van der Waals surface area contributed by atoms with Gasteiger partial charge < -0.3 is 5.32 Å². The summed E-state index contributed by atoms with van der Waals surface area (Å²) in [5.41, 5.74) is 3.19. The average molecular weight is 263 g/mol. The first-order chi connectivity index (χ1) is 8.56. The highest BCUT2D eigenvalue weighted by molar-refractivity contribution is 7.12. The fourth-order valence-electron chi connectivity index (χ4n) is 1.88. The standard InChI is InChI=1S/C15H18FNS/c1-10-7-14(18-12(10)3)9-17-8-13-4-5-15(16)11(2)6-13/h4-7,17H,8-9H2,1-3H3. The topological polar surface area (TPSA) is 12.0 Å². The van der Waals surface area contributed by atoms with Gasteiger partial charge in [0.15, 0.2) is 0 Å². The van der Waals surface area contributed by atoms with Crippen LogP contribution in [0.5, 0.6) is 0 Å². The van der Waals surface area contributed by atoms with Crippen LogP contribution in [-0.2, 0) is 13.1 Å². The van der Waals surface area contributed by atoms with E-state index in [1.165, 1.54) is 21.4 Å². The van der Waals surface area contributed by atoms with E-state index in [1.54, 1.807) is 6.92 Å². The maximum Gasteiger partial charge on any atom is 0.126 e. The van der Waals surface area contributed by atoms with E-state index in [4.69, 9.17) is 0 Å². The highest BCUT2D eigenvalue weighted by atomic mass is 32.1. The minimum atomic E-state index is -0.136. The Morgan fingerprint density at radius 2 is 1.83 bits per heavy atom. The molecule has 0 spiro atoms. The molecule has 3 heteroatoms. The minimum absolute atomic E-state index is 0.136. The van der Waals surface area contributed by atoms with Gasteiger partial charge in [-0.1, -0.05) is 12.1 Å². The fraction of sp³-hybridized carbons (Fsp3) is 0.333. The molecule has 1 heterocycles. The van der Waals surface area contributed by atoms with Gasteiger partial charge in [-0.3, -0.25) is 0 Å². The van der Waals surface area contributed by atoms with Gasteiger partial charge in [0, 0.05) is 22.8 Å². The van der Waals surface area contributed by atoms with Gasteiger partial charge >= 0.3 is 0 Å². The predicted octanol–water partition coefficient (Wildman–Crippen LogP) is 4.10. The number of aryl methyl sites for hydroxylation is 3. The number of hydrogen-bond donors (Lipinski definition) is 1. The van der Waals surface area contributed by atoms with Crippen LogP contribution in [0.3, 0.4) is 0 Å². The van der Waals surface area contributed by atoms with Gasteiger partial charge in [-0.05, 0) is 49.6 Å². The zero-order valence-electron chi connectivity index (χ0n) is 11.0. The molecule has 0 amide bonds. The zero-order chi connectivity index (χ0) is 13.1. The first-order valence-electron chi connectivity index (χ1n) is 6.08. The van der Waals surface area contributed by atoms with Crippen molar-refractivity contribution in [2.75, 3.05) is 0 Å². The van der Waals surface area contributed by atoms with E-state index >= 15 is 0 Å². The Labute approximate surface area is 112 Å². The van der Waals surface area contributed by atoms with Gasteiger partial charge in [-0.25, -0.2) is 4.39 Å². The van der Waals surface area contributed by atoms with Gasteiger partial charge in [0.1, 0.15) is 5.82 Å². The Morgan fingerprint density at radius 1 is 1.06 bits per heavy atom. The highest BCUT2D eigenvalue weighted by Crippen LogP contribution is 2.20. The first kappa shape index (κ1) is 13.2. The van der Waals surface area contributed by atoms with Crippen LogP contribution >= 0.6 is 11.3 Å². The number of rotatable bonds is 4. The van der Waals surface area contributed by atoms with Gasteiger partial charge in [0.25, 0.3) is 0 Å². The first-order valence-corrected chi connectivity index (χ1v) is 6.89. The quantitative estimate of drug-likeness (QED) is 0.875. The summed E-state index contributed by atoms with van der Waals surface area (Å²) in [6.07, 6.45) is 0. The molecule has 0 saturated heterocycles. The molecule has 1 nitrogen and oxygen atoms in total. The van der Waals surface area contributed by atoms with Crippen LogP contribution < -0.4 is 5.32 Å². The molecule has 0 aliphatic heterocycles. The van der Waals surface area contributed by atoms with Crippen LogP contribution in [-0.4, -0.2) is 0 Å². The highest BCUT2D eigenvalue weighted by Gasteiger charge is 2.02. The van der Waals surface area contributed by atoms with E-state index in [-0.39, 0.29) is 5.82 Å². The molecule has 0 radical (unpaired) electrons. The lowest BCUT2D eigenvalue weighted by Gasteiger charge is -2.05. The third kappa shape index (κ3) is 3.18. The van der Waals surface area contributed by atoms with E-state index in [0.29, 0.717) is 5.56 Å². The Hall–Kier alpha value is -1.19. The van der Waals surface area contributed by atoms with Gasteiger partial charge in [-0.2, -0.15) is 0 Å². The number of nitrogens with one attached hydrogen (secondary N) is 1. The monoisotopic (exact) mass is 263 g/mol. The maximum absolute atomic E-state index is 13.1. The minimum Gasteiger partial charge on any atom is -0.308 e. The summed E-state index contributed by atoms with van der Waals surface area (Å²) in [5, 5.41) is 3.39. The molecule has 0 saturated carbocycles. The molecule has 18 heavy (non-hydrogen) atoms. The molecule has 0 bridgehead atoms. The Morgan fingerprint density at radius 3 is 2.44 bits per heavy atom. The second-order valence-corrected chi connectivity index (χ2v) is 5.98. The van der Waals surface area contributed by atoms with Crippen molar-refractivity contribution in [1.82, 2.24) is 5.32 Å². The third-order valence-corrected chi connectivity index (χ3v) is 4.22. The van der Waals surface area contributed by atoms with E-state index in [2.05, 4.69) is 25.2 Å². The van der Waals surface area contributed by atoms with Crippen molar-refractivity contribution >= 4 is 11.3 Å². The largest absolute Gasteiger partial charge is 0.308 e. The lowest BCUT2D eigenvalue weighted by Crippen LogP contribution is -2.11. The molecule has 1 N–H and O–H groups in total. The van der Waals surface area contributed by atoms with Crippen molar-refractivity contribution < 1.29 is 4.39 Å². The second-order valence-electron chi connectivity index (χ2n) is 4.64. The van der Waals surface area contributed by atoms with Crippen LogP contribution in [0.4, 0.5) is 4.39 Å². The van der Waals surface area contributed by atoms with E-state index in [9.17, 15) is 4.39 Å². The molecule has 0 aliphatic rings. The molecule has 0 fully saturated rings. The predicted molar refractivity (Wildman–Crippen MR) is 75.5 cm³/mol. The smallest absolute Gasteiger partial charge is 0.126 e. The number of benzene rings is 1. The second kappa shape index (κ2) is 5.63. The van der Waals surface area contributed by atoms with Gasteiger partial charge in [-0.15, -0.1) is 11.3 Å². The van der Waals surface area contributed by atoms with E-state index in [0.717, 1.165) is 18.7 Å². The molecule has 0 aliphatic carbocycles. The van der Waals surface area contributed by atoms with Gasteiger partial charge in [0.05, 0.1) is 0 Å². The van der Waals surface area contributed by atoms with Crippen LogP contribution in [0.15, 0.2) is 24.3 Å². The van der Waals surface area contributed by atoms with Crippen molar-refractivity contribution in [2.45, 2.75) is 33.9 Å². The summed E-state index contributed by atoms with van der Waals surface area (Å²) in [4.78, 5) is 2.73. The summed E-state index contributed by atoms with van der Waals surface area (Å²) in [6.45, 7) is 7.73. The summed E-state index contributed by atoms with van der Waals surface area (Å²) in [7, 11) is 0. The van der Waals surface area contributed by atoms with Crippen molar-refractivity contribution in [3.63, 3.8) is 0 Å². The van der Waals surface area contributed by atoms with Crippen LogP contribution in [0, 0.1) is 26.6 Å². The molecule has 2 rings (SSSR count). The van der Waals surface area contributed by atoms with Crippen molar-refractivity contribution in [3.05, 3.63) is 56.5 Å². The molecule has 1 aromatic heterocycles. The average Bonchev–Trinajstić information content (AvgIpc) is 2.63. The molecule has 0 unspecified atom stereocenters. The van der Waals surface area contributed by atoms with Crippen LogP contribution in [0.1, 0.15) is 26.4 Å². The Kier molecular flexibility index (Phi) is 4.15. The Balaban J connectivity index is 1.90. The number of halogens is 1. The van der Waals surface area contributed by atoms with E-state index in [1.807, 2.05) is 23.5 Å². The molecule has 2 aromatic rings. The summed E-state index contributed by atoms with van der Waals surface area (Å²) >= 11 is 1.83. The summed E-state index contributed by atoms with van der Waals surface area (Å²) in [5.74, 6) is -0.136. The summed E-state index contributed by atoms with van der Waals surface area (Å²) in [6, 6.07) is 7.49. The molecule has 0 atom stereocenters. The van der Waals surface area contributed by atoms with Crippen molar-refractivity contribution in [1.29, 1.82) is 0 Å². The van der Waals surface area contributed by atoms with Gasteiger partial charge in [0.2, 0.25) is 0 Å². The molecular formula is C15H18FNS. The number of thiophene rings is 1. The van der Waals surface area contributed by atoms with E-state index < -0.39 is 0 Å².